The third kappa shape index (κ3) is 5.08. The molecular weight excluding hydrogens is 516 g/mol. The molecule has 1 aliphatic carbocycles. The highest BCUT2D eigenvalue weighted by Crippen LogP contribution is 2.34. The van der Waals surface area contributed by atoms with Crippen molar-refractivity contribution in [2.75, 3.05) is 12.3 Å². The number of nitrogens with two attached hydrogens (primary N) is 1. The second-order valence-electron chi connectivity index (χ2n) is 10.0. The molecule has 1 aliphatic heterocycles. The van der Waals surface area contributed by atoms with Crippen molar-refractivity contribution >= 4 is 22.8 Å². The number of rotatable bonds is 7. The number of halogens is 2. The highest BCUT2D eigenvalue weighted by atomic mass is 19.1. The van der Waals surface area contributed by atoms with Crippen molar-refractivity contribution in [2.24, 2.45) is 5.92 Å². The number of nitriles is 1. The van der Waals surface area contributed by atoms with Crippen LogP contribution in [0.15, 0.2) is 60.4 Å². The average Bonchev–Trinajstić information content (AvgIpc) is 3.51. The number of carbonyl (C=O) groups excluding carboxylic acids is 1. The fourth-order valence-electron chi connectivity index (χ4n) is 5.07. The van der Waals surface area contributed by atoms with Gasteiger partial charge in [-0.15, -0.1) is 0 Å². The van der Waals surface area contributed by atoms with Crippen molar-refractivity contribution in [2.45, 2.75) is 38.3 Å². The highest BCUT2D eigenvalue weighted by Gasteiger charge is 2.33. The van der Waals surface area contributed by atoms with Crippen molar-refractivity contribution in [1.29, 1.82) is 5.26 Å². The zero-order valence-corrected chi connectivity index (χ0v) is 21.4. The molecule has 0 unspecified atom stereocenters. The van der Waals surface area contributed by atoms with E-state index in [2.05, 4.69) is 16.0 Å². The van der Waals surface area contributed by atoms with Crippen LogP contribution in [0.2, 0.25) is 0 Å². The van der Waals surface area contributed by atoms with Gasteiger partial charge in [0.25, 0.3) is 5.91 Å². The van der Waals surface area contributed by atoms with Crippen LogP contribution in [-0.4, -0.2) is 43.1 Å². The van der Waals surface area contributed by atoms with Gasteiger partial charge in [0.2, 0.25) is 0 Å². The molecule has 6 rings (SSSR count). The van der Waals surface area contributed by atoms with Crippen LogP contribution in [0.5, 0.6) is 11.5 Å². The van der Waals surface area contributed by atoms with E-state index >= 15 is 0 Å². The number of carbonyl (C=O) groups is 1. The maximum Gasteiger partial charge on any atom is 0.264 e. The number of hydrogen-bond acceptors (Lipinski definition) is 7. The molecule has 2 aromatic heterocycles. The number of nitrogen functional groups attached to an aromatic ring is 1. The van der Waals surface area contributed by atoms with Gasteiger partial charge < -0.3 is 15.4 Å². The summed E-state index contributed by atoms with van der Waals surface area (Å²) in [6.07, 6.45) is 6.81. The van der Waals surface area contributed by atoms with Crippen molar-refractivity contribution in [3.63, 3.8) is 0 Å². The van der Waals surface area contributed by atoms with Crippen molar-refractivity contribution in [1.82, 2.24) is 24.6 Å². The summed E-state index contributed by atoms with van der Waals surface area (Å²) < 4.78 is 34.4. The molecule has 1 saturated carbocycles. The Balaban J connectivity index is 1.28. The summed E-state index contributed by atoms with van der Waals surface area (Å²) in [4.78, 5) is 23.5. The zero-order chi connectivity index (χ0) is 27.8. The zero-order valence-electron chi connectivity index (χ0n) is 21.4. The normalized spacial score (nSPS) is 17.3. The topological polar surface area (TPSA) is 123 Å². The molecule has 3 heterocycles. The fourth-order valence-corrected chi connectivity index (χ4v) is 5.07. The number of nitrogens with zero attached hydrogens (tertiary/aromatic N) is 6. The lowest BCUT2D eigenvalue weighted by Crippen LogP contribution is -2.39. The molecule has 2 aromatic carbocycles. The summed E-state index contributed by atoms with van der Waals surface area (Å²) in [5.74, 6) is -0.691. The summed E-state index contributed by atoms with van der Waals surface area (Å²) in [5.41, 5.74) is 8.26. The number of aromatic nitrogens is 4. The Kier molecular flexibility index (Phi) is 6.59. The Morgan fingerprint density at radius 2 is 1.85 bits per heavy atom. The molecule has 2 fully saturated rings. The van der Waals surface area contributed by atoms with Gasteiger partial charge in [-0.25, -0.2) is 23.4 Å². The van der Waals surface area contributed by atoms with Gasteiger partial charge in [0.15, 0.2) is 5.65 Å². The van der Waals surface area contributed by atoms with Crippen LogP contribution in [0.1, 0.15) is 25.7 Å². The second kappa shape index (κ2) is 10.4. The third-order valence-electron chi connectivity index (χ3n) is 7.16. The maximum atomic E-state index is 13.5. The van der Waals surface area contributed by atoms with E-state index in [4.69, 9.17) is 15.6 Å². The number of anilines is 1. The molecular formula is C29H25F2N7O2. The molecule has 202 valence electrons. The Morgan fingerprint density at radius 1 is 1.10 bits per heavy atom. The third-order valence-corrected chi connectivity index (χ3v) is 7.16. The molecule has 11 heteroatoms. The van der Waals surface area contributed by atoms with Gasteiger partial charge in [0.1, 0.15) is 52.6 Å². The molecule has 40 heavy (non-hydrogen) atoms. The van der Waals surface area contributed by atoms with Gasteiger partial charge in [0, 0.05) is 30.3 Å². The van der Waals surface area contributed by atoms with Crippen molar-refractivity contribution < 1.29 is 18.3 Å². The van der Waals surface area contributed by atoms with E-state index in [0.717, 1.165) is 43.9 Å². The predicted molar refractivity (Wildman–Crippen MR) is 143 cm³/mol. The van der Waals surface area contributed by atoms with E-state index in [9.17, 15) is 18.8 Å². The number of ether oxygens (including phenoxy) is 1. The monoisotopic (exact) mass is 541 g/mol. The van der Waals surface area contributed by atoms with Crippen LogP contribution in [0.4, 0.5) is 14.6 Å². The minimum atomic E-state index is -0.732. The molecule has 1 saturated heterocycles. The number of allylic oxidation sites excluding steroid dienone is 1. The van der Waals surface area contributed by atoms with Gasteiger partial charge in [-0.1, -0.05) is 6.08 Å². The van der Waals surface area contributed by atoms with Crippen LogP contribution in [-0.2, 0) is 11.3 Å². The van der Waals surface area contributed by atoms with Gasteiger partial charge in [-0.2, -0.15) is 10.4 Å². The molecule has 2 N–H and O–H groups in total. The van der Waals surface area contributed by atoms with E-state index in [1.54, 1.807) is 39.9 Å². The SMILES string of the molecule is N#C/C(=C/C1CC1)C(=O)N1CCC[C@H]1Cn1nc(-c2ccc(Oc3cc(F)cc(F)c3)cc2)c2c(N)ncnc21. The molecule has 4 aromatic rings. The van der Waals surface area contributed by atoms with E-state index in [1.807, 2.05) is 0 Å². The Labute approximate surface area is 228 Å². The lowest BCUT2D eigenvalue weighted by atomic mass is 10.1. The lowest BCUT2D eigenvalue weighted by Gasteiger charge is -2.24. The standard InChI is InChI=1S/C29H25F2N7O2/c30-20-11-21(31)13-24(12-20)40-23-7-5-18(6-8-23)26-25-27(33)34-16-35-28(25)38(36-26)15-22-2-1-9-37(22)29(39)19(14-32)10-17-3-4-17/h5-8,10-13,16-17,22H,1-4,9,15H2,(H2,33,34,35)/b19-10-/t22-/m0/s1. The summed E-state index contributed by atoms with van der Waals surface area (Å²) in [5, 5.41) is 15.0. The van der Waals surface area contributed by atoms with E-state index in [1.165, 1.54) is 6.33 Å². The van der Waals surface area contributed by atoms with Gasteiger partial charge in [-0.05, 0) is 55.9 Å². The van der Waals surface area contributed by atoms with Crippen LogP contribution < -0.4 is 10.5 Å². The first-order valence-electron chi connectivity index (χ1n) is 13.0. The smallest absolute Gasteiger partial charge is 0.264 e. The van der Waals surface area contributed by atoms with E-state index < -0.39 is 11.6 Å². The molecule has 1 amide bonds. The van der Waals surface area contributed by atoms with Crippen LogP contribution in [0.25, 0.3) is 22.3 Å². The summed E-state index contributed by atoms with van der Waals surface area (Å²) >= 11 is 0. The average molecular weight is 542 g/mol. The number of benzene rings is 2. The largest absolute Gasteiger partial charge is 0.457 e. The Bertz CT molecular complexity index is 1650. The molecule has 9 nitrogen and oxygen atoms in total. The molecule has 2 aliphatic rings. The fraction of sp³-hybridized carbons (Fsp3) is 0.276. The van der Waals surface area contributed by atoms with E-state index in [0.29, 0.717) is 47.0 Å². The summed E-state index contributed by atoms with van der Waals surface area (Å²) in [7, 11) is 0. The highest BCUT2D eigenvalue weighted by molar-refractivity contribution is 5.99. The van der Waals surface area contributed by atoms with Gasteiger partial charge in [-0.3, -0.25) is 4.79 Å². The lowest BCUT2D eigenvalue weighted by molar-refractivity contribution is -0.127. The first-order chi connectivity index (χ1) is 19.4. The van der Waals surface area contributed by atoms with Crippen LogP contribution in [0.3, 0.4) is 0 Å². The molecule has 1 atom stereocenters. The minimum absolute atomic E-state index is 0.0415. The maximum absolute atomic E-state index is 13.5. The van der Waals surface area contributed by atoms with E-state index in [-0.39, 0.29) is 29.1 Å². The minimum Gasteiger partial charge on any atom is -0.457 e. The number of hydrogen-bond donors (Lipinski definition) is 1. The Hall–Kier alpha value is -4.85. The first-order valence-corrected chi connectivity index (χ1v) is 13.0. The van der Waals surface area contributed by atoms with Crippen molar-refractivity contribution in [3.05, 3.63) is 72.1 Å². The quantitative estimate of drug-likeness (QED) is 0.258. The predicted octanol–water partition coefficient (Wildman–Crippen LogP) is 5.00. The number of likely N-dealkylation sites (tertiary alicyclic amines) is 1. The number of fused-ring (bicyclic) bond motifs is 1. The van der Waals surface area contributed by atoms with Gasteiger partial charge >= 0.3 is 0 Å². The van der Waals surface area contributed by atoms with Crippen LogP contribution in [0, 0.1) is 28.9 Å². The van der Waals surface area contributed by atoms with Crippen LogP contribution >= 0.6 is 0 Å². The Morgan fingerprint density at radius 3 is 2.55 bits per heavy atom. The van der Waals surface area contributed by atoms with Crippen molar-refractivity contribution in [3.8, 4) is 28.8 Å². The molecule has 0 radical (unpaired) electrons. The summed E-state index contributed by atoms with van der Waals surface area (Å²) in [6, 6.07) is 11.8. The molecule has 0 spiro atoms. The second-order valence-corrected chi connectivity index (χ2v) is 10.0. The summed E-state index contributed by atoms with van der Waals surface area (Å²) in [6.45, 7) is 0.959. The first kappa shape index (κ1) is 25.4. The molecule has 0 bridgehead atoms. The van der Waals surface area contributed by atoms with Gasteiger partial charge in [0.05, 0.1) is 18.0 Å². The number of amides is 1.